The maximum Gasteiger partial charge on any atom is 0.410 e. The zero-order chi connectivity index (χ0) is 17.1. The van der Waals surface area contributed by atoms with Gasteiger partial charge in [-0.15, -0.1) is 0 Å². The van der Waals surface area contributed by atoms with Crippen molar-refractivity contribution in [3.8, 4) is 0 Å². The highest BCUT2D eigenvalue weighted by atomic mass is 79.9. The molecule has 1 aromatic rings. The Kier molecular flexibility index (Phi) is 5.94. The molecule has 2 fully saturated rings. The largest absolute Gasteiger partial charge is 0.446 e. The molecular formula is C17H23BrN2O3S. The van der Waals surface area contributed by atoms with Crippen LogP contribution in [0, 0.1) is 0 Å². The molecule has 2 aliphatic heterocycles. The highest BCUT2D eigenvalue weighted by Crippen LogP contribution is 2.27. The second-order valence-corrected chi connectivity index (χ2v) is 8.80. The molecule has 0 spiro atoms. The summed E-state index contributed by atoms with van der Waals surface area (Å²) in [5.74, 6) is 0.767. The quantitative estimate of drug-likeness (QED) is 0.740. The average molecular weight is 415 g/mol. The van der Waals surface area contributed by atoms with Crippen LogP contribution in [0.25, 0.3) is 0 Å². The van der Waals surface area contributed by atoms with Gasteiger partial charge in [0.05, 0.1) is 17.0 Å². The summed E-state index contributed by atoms with van der Waals surface area (Å²) in [4.78, 5) is 14.2. The van der Waals surface area contributed by atoms with Gasteiger partial charge in [0.25, 0.3) is 0 Å². The molecule has 0 aliphatic carbocycles. The van der Waals surface area contributed by atoms with Crippen LogP contribution in [0.2, 0.25) is 0 Å². The van der Waals surface area contributed by atoms with E-state index in [4.69, 9.17) is 4.74 Å². The van der Waals surface area contributed by atoms with Gasteiger partial charge in [-0.3, -0.25) is 0 Å². The van der Waals surface area contributed by atoms with Gasteiger partial charge in [-0.05, 0) is 37.5 Å². The number of cyclic esters (lactones) is 1. The van der Waals surface area contributed by atoms with Crippen molar-refractivity contribution in [2.24, 2.45) is 0 Å². The molecule has 2 saturated heterocycles. The molecule has 0 N–H and O–H groups in total. The monoisotopic (exact) mass is 414 g/mol. The molecule has 3 atom stereocenters. The molecule has 0 bridgehead atoms. The molecule has 24 heavy (non-hydrogen) atoms. The Bertz CT molecular complexity index is 610. The predicted molar refractivity (Wildman–Crippen MR) is 98.0 cm³/mol. The summed E-state index contributed by atoms with van der Waals surface area (Å²) in [7, 11) is -0.836. The Morgan fingerprint density at radius 3 is 2.71 bits per heavy atom. The number of ether oxygens (including phenoxy) is 1. The first-order chi connectivity index (χ1) is 11.5. The number of benzene rings is 1. The van der Waals surface area contributed by atoms with Gasteiger partial charge in [0.15, 0.2) is 0 Å². The van der Waals surface area contributed by atoms with Crippen molar-refractivity contribution in [1.29, 1.82) is 0 Å². The van der Waals surface area contributed by atoms with Gasteiger partial charge in [0, 0.05) is 36.3 Å². The lowest BCUT2D eigenvalue weighted by Crippen LogP contribution is -2.44. The Morgan fingerprint density at radius 1 is 1.33 bits per heavy atom. The van der Waals surface area contributed by atoms with Crippen molar-refractivity contribution >= 4 is 33.0 Å². The molecule has 5 nitrogen and oxygen atoms in total. The maximum atomic E-state index is 12.4. The van der Waals surface area contributed by atoms with E-state index < -0.39 is 11.0 Å². The number of carbonyl (C=O) groups excluding carboxylic acids is 1. The first-order valence-corrected chi connectivity index (χ1v) is 10.5. The van der Waals surface area contributed by atoms with Gasteiger partial charge >= 0.3 is 6.09 Å². The second kappa shape index (κ2) is 7.97. The molecule has 0 aromatic heterocycles. The smallest absolute Gasteiger partial charge is 0.410 e. The van der Waals surface area contributed by atoms with E-state index in [2.05, 4.69) is 15.9 Å². The molecule has 7 heteroatoms. The van der Waals surface area contributed by atoms with Crippen molar-refractivity contribution in [2.75, 3.05) is 25.4 Å². The number of amides is 1. The maximum absolute atomic E-state index is 12.4. The van der Waals surface area contributed by atoms with Crippen LogP contribution in [-0.2, 0) is 15.7 Å². The van der Waals surface area contributed by atoms with Gasteiger partial charge < -0.3 is 9.64 Å². The standard InChI is InChI=1S/C17H23BrN2O3S/c1-13(14-3-5-15(18)6-4-14)20-11-8-16(23-17(20)21)7-10-19-9-2-12-24(19)22/h3-6,13,16H,2,7-12H2,1H3. The lowest BCUT2D eigenvalue weighted by atomic mass is 10.1. The molecule has 2 heterocycles. The van der Waals surface area contributed by atoms with Crippen LogP contribution in [0.4, 0.5) is 4.79 Å². The van der Waals surface area contributed by atoms with E-state index in [9.17, 15) is 9.00 Å². The molecule has 0 radical (unpaired) electrons. The zero-order valence-electron chi connectivity index (χ0n) is 13.8. The number of halogens is 1. The van der Waals surface area contributed by atoms with Gasteiger partial charge in [0.2, 0.25) is 0 Å². The Labute approximate surface area is 154 Å². The Morgan fingerprint density at radius 2 is 2.08 bits per heavy atom. The molecular weight excluding hydrogens is 392 g/mol. The van der Waals surface area contributed by atoms with Crippen LogP contribution in [-0.4, -0.2) is 51.0 Å². The van der Waals surface area contributed by atoms with E-state index in [1.165, 1.54) is 0 Å². The third kappa shape index (κ3) is 4.18. The highest BCUT2D eigenvalue weighted by molar-refractivity contribution is 9.10. The van der Waals surface area contributed by atoms with E-state index in [0.717, 1.165) is 48.1 Å². The number of rotatable bonds is 5. The fourth-order valence-electron chi connectivity index (χ4n) is 3.22. The molecule has 132 valence electrons. The van der Waals surface area contributed by atoms with Crippen LogP contribution in [0.1, 0.15) is 37.8 Å². The Hall–Kier alpha value is -0.920. The van der Waals surface area contributed by atoms with E-state index in [0.29, 0.717) is 6.54 Å². The summed E-state index contributed by atoms with van der Waals surface area (Å²) in [5.41, 5.74) is 1.10. The highest BCUT2D eigenvalue weighted by Gasteiger charge is 2.31. The van der Waals surface area contributed by atoms with E-state index in [1.54, 1.807) is 4.90 Å². The summed E-state index contributed by atoms with van der Waals surface area (Å²) in [6.07, 6.45) is 2.27. The normalized spacial score (nSPS) is 26.4. The second-order valence-electron chi connectivity index (χ2n) is 6.31. The predicted octanol–water partition coefficient (Wildman–Crippen LogP) is 3.48. The molecule has 2 aliphatic rings. The van der Waals surface area contributed by atoms with Crippen molar-refractivity contribution in [3.63, 3.8) is 0 Å². The summed E-state index contributed by atoms with van der Waals surface area (Å²) in [5, 5.41) is 0. The molecule has 3 unspecified atom stereocenters. The molecule has 0 saturated carbocycles. The molecule has 1 amide bonds. The minimum absolute atomic E-state index is 0.00219. The third-order valence-electron chi connectivity index (χ3n) is 4.73. The minimum atomic E-state index is -0.836. The Balaban J connectivity index is 1.52. The van der Waals surface area contributed by atoms with Crippen LogP contribution in [0.5, 0.6) is 0 Å². The molecule has 3 rings (SSSR count). The number of nitrogens with zero attached hydrogens (tertiary/aromatic N) is 2. The van der Waals surface area contributed by atoms with Crippen molar-refractivity contribution in [2.45, 2.75) is 38.3 Å². The van der Waals surface area contributed by atoms with Crippen molar-refractivity contribution in [1.82, 2.24) is 9.21 Å². The lowest BCUT2D eigenvalue weighted by Gasteiger charge is -2.36. The zero-order valence-corrected chi connectivity index (χ0v) is 16.2. The van der Waals surface area contributed by atoms with Gasteiger partial charge in [-0.2, -0.15) is 0 Å². The summed E-state index contributed by atoms with van der Waals surface area (Å²) in [6.45, 7) is 4.36. The fraction of sp³-hybridized carbons (Fsp3) is 0.588. The van der Waals surface area contributed by atoms with E-state index in [-0.39, 0.29) is 18.2 Å². The van der Waals surface area contributed by atoms with Crippen LogP contribution >= 0.6 is 15.9 Å². The first-order valence-electron chi connectivity index (χ1n) is 8.41. The SMILES string of the molecule is CC(c1ccc(Br)cc1)N1CCC(CCN2CCCS2=O)OC1=O. The van der Waals surface area contributed by atoms with Crippen molar-refractivity contribution in [3.05, 3.63) is 34.3 Å². The van der Waals surface area contributed by atoms with E-state index >= 15 is 0 Å². The summed E-state index contributed by atoms with van der Waals surface area (Å²) >= 11 is 3.43. The minimum Gasteiger partial charge on any atom is -0.446 e. The van der Waals surface area contributed by atoms with Crippen molar-refractivity contribution < 1.29 is 13.7 Å². The number of carbonyl (C=O) groups is 1. The van der Waals surface area contributed by atoms with Gasteiger partial charge in [-0.25, -0.2) is 13.3 Å². The van der Waals surface area contributed by atoms with Crippen LogP contribution in [0.3, 0.4) is 0 Å². The van der Waals surface area contributed by atoms with Gasteiger partial charge in [-0.1, -0.05) is 28.1 Å². The topological polar surface area (TPSA) is 49.9 Å². The van der Waals surface area contributed by atoms with Crippen LogP contribution < -0.4 is 0 Å². The molecule has 1 aromatic carbocycles. The third-order valence-corrected chi connectivity index (χ3v) is 6.84. The van der Waals surface area contributed by atoms with Gasteiger partial charge in [0.1, 0.15) is 6.10 Å². The lowest BCUT2D eigenvalue weighted by molar-refractivity contribution is 0.00869. The van der Waals surface area contributed by atoms with Crippen LogP contribution in [0.15, 0.2) is 28.7 Å². The average Bonchev–Trinajstić information content (AvgIpc) is 2.98. The fourth-order valence-corrected chi connectivity index (χ4v) is 4.76. The number of hydrogen-bond donors (Lipinski definition) is 0. The summed E-state index contributed by atoms with van der Waals surface area (Å²) < 4.78 is 20.4. The number of hydrogen-bond acceptors (Lipinski definition) is 3. The first kappa shape index (κ1) is 17.9. The van der Waals surface area contributed by atoms with E-state index in [1.807, 2.05) is 35.5 Å². The summed E-state index contributed by atoms with van der Waals surface area (Å²) in [6, 6.07) is 8.02.